The van der Waals surface area contributed by atoms with Gasteiger partial charge in [0, 0.05) is 35.8 Å². The highest BCUT2D eigenvalue weighted by Gasteiger charge is 2.04. The van der Waals surface area contributed by atoms with E-state index in [2.05, 4.69) is 27.5 Å². The molecule has 0 saturated carbocycles. The van der Waals surface area contributed by atoms with E-state index >= 15 is 0 Å². The van der Waals surface area contributed by atoms with Gasteiger partial charge >= 0.3 is 6.03 Å². The van der Waals surface area contributed by atoms with Gasteiger partial charge in [-0.3, -0.25) is 4.98 Å². The van der Waals surface area contributed by atoms with E-state index in [0.29, 0.717) is 18.7 Å². The Labute approximate surface area is 163 Å². The van der Waals surface area contributed by atoms with Gasteiger partial charge in [0.2, 0.25) is 0 Å². The van der Waals surface area contributed by atoms with E-state index in [4.69, 9.17) is 0 Å². The third-order valence-electron chi connectivity index (χ3n) is 4.10. The molecule has 3 aromatic rings. The van der Waals surface area contributed by atoms with Gasteiger partial charge in [0.15, 0.2) is 0 Å². The number of carbonyl (C=O) groups excluding carboxylic acids is 1. The molecule has 0 fully saturated rings. The number of hydrogen-bond acceptors (Lipinski definition) is 2. The van der Waals surface area contributed by atoms with E-state index < -0.39 is 0 Å². The summed E-state index contributed by atoms with van der Waals surface area (Å²) in [5.41, 5.74) is 4.26. The molecule has 2 aromatic carbocycles. The number of amides is 2. The number of benzene rings is 2. The number of aryl methyl sites for hydroxylation is 1. The minimum absolute atomic E-state index is 0.273. The quantitative estimate of drug-likeness (QED) is 0.670. The molecule has 0 spiro atoms. The lowest BCUT2D eigenvalue weighted by atomic mass is 10.1. The Balaban J connectivity index is 1.59. The Morgan fingerprint density at radius 2 is 1.93 bits per heavy atom. The molecule has 0 aliphatic carbocycles. The van der Waals surface area contributed by atoms with Crippen molar-refractivity contribution in [2.24, 2.45) is 0 Å². The number of nitrogens with zero attached hydrogens (tertiary/aromatic N) is 1. The number of urea groups is 1. The van der Waals surface area contributed by atoms with Crippen LogP contribution in [0.5, 0.6) is 0 Å². The van der Waals surface area contributed by atoms with Crippen molar-refractivity contribution in [1.82, 2.24) is 10.3 Å². The van der Waals surface area contributed by atoms with Crippen LogP contribution < -0.4 is 10.6 Å². The van der Waals surface area contributed by atoms with Crippen molar-refractivity contribution in [1.29, 1.82) is 0 Å². The third-order valence-corrected chi connectivity index (χ3v) is 4.10. The van der Waals surface area contributed by atoms with E-state index in [1.54, 1.807) is 24.5 Å². The molecule has 140 valence electrons. The summed E-state index contributed by atoms with van der Waals surface area (Å²) in [7, 11) is 0. The fourth-order valence-corrected chi connectivity index (χ4v) is 2.55. The number of nitrogens with one attached hydrogen (secondary N) is 2. The first-order chi connectivity index (χ1) is 13.6. The first-order valence-corrected chi connectivity index (χ1v) is 8.92. The first-order valence-electron chi connectivity index (χ1n) is 8.92. The number of rotatable bonds is 4. The maximum atomic E-state index is 13.0. The number of halogens is 1. The zero-order valence-corrected chi connectivity index (χ0v) is 15.5. The minimum Gasteiger partial charge on any atom is -0.338 e. The molecular weight excluding hydrogens is 353 g/mol. The molecule has 0 aliphatic heterocycles. The van der Waals surface area contributed by atoms with Crippen LogP contribution >= 0.6 is 0 Å². The molecule has 4 nitrogen and oxygen atoms in total. The van der Waals surface area contributed by atoms with E-state index in [-0.39, 0.29) is 11.8 Å². The largest absolute Gasteiger partial charge is 0.338 e. The molecule has 0 saturated heterocycles. The van der Waals surface area contributed by atoms with Gasteiger partial charge in [-0.25, -0.2) is 9.18 Å². The molecule has 0 radical (unpaired) electrons. The molecule has 0 unspecified atom stereocenters. The van der Waals surface area contributed by atoms with E-state index in [1.807, 2.05) is 37.3 Å². The maximum absolute atomic E-state index is 13.0. The second-order valence-electron chi connectivity index (χ2n) is 6.28. The summed E-state index contributed by atoms with van der Waals surface area (Å²) in [6, 6.07) is 15.2. The van der Waals surface area contributed by atoms with Gasteiger partial charge in [0.05, 0.1) is 0 Å². The van der Waals surface area contributed by atoms with Crippen molar-refractivity contribution in [3.8, 4) is 11.8 Å². The van der Waals surface area contributed by atoms with Crippen LogP contribution in [0.2, 0.25) is 0 Å². The number of anilines is 1. The molecule has 1 aromatic heterocycles. The summed E-state index contributed by atoms with van der Waals surface area (Å²) in [4.78, 5) is 16.2. The smallest absolute Gasteiger partial charge is 0.319 e. The first kappa shape index (κ1) is 19.1. The number of hydrogen-bond donors (Lipinski definition) is 2. The zero-order chi connectivity index (χ0) is 19.8. The Morgan fingerprint density at radius 1 is 1.11 bits per heavy atom. The molecular formula is C23H20FN3O. The van der Waals surface area contributed by atoms with Crippen molar-refractivity contribution in [3.05, 3.63) is 95.1 Å². The van der Waals surface area contributed by atoms with Crippen LogP contribution in [0, 0.1) is 24.6 Å². The Hall–Kier alpha value is -3.65. The predicted octanol–water partition coefficient (Wildman–Crippen LogP) is 4.29. The summed E-state index contributed by atoms with van der Waals surface area (Å²) < 4.78 is 13.0. The lowest BCUT2D eigenvalue weighted by molar-refractivity contribution is 0.252. The van der Waals surface area contributed by atoms with Gasteiger partial charge in [-0.2, -0.15) is 0 Å². The summed E-state index contributed by atoms with van der Waals surface area (Å²) in [5.74, 6) is 5.80. The van der Waals surface area contributed by atoms with Crippen LogP contribution in [0.4, 0.5) is 14.9 Å². The van der Waals surface area contributed by atoms with Gasteiger partial charge in [-0.05, 0) is 66.9 Å². The highest BCUT2D eigenvalue weighted by molar-refractivity contribution is 5.89. The summed E-state index contributed by atoms with van der Waals surface area (Å²) in [6.07, 6.45) is 4.22. The SMILES string of the molecule is Cc1ccc(NC(=O)NCCc2cccnc2)cc1C#Cc1ccc(F)cc1. The average Bonchev–Trinajstić information content (AvgIpc) is 2.70. The Kier molecular flexibility index (Phi) is 6.37. The summed E-state index contributed by atoms with van der Waals surface area (Å²) >= 11 is 0. The fraction of sp³-hybridized carbons (Fsp3) is 0.130. The molecule has 2 N–H and O–H groups in total. The van der Waals surface area contributed by atoms with Crippen molar-refractivity contribution >= 4 is 11.7 Å². The normalized spacial score (nSPS) is 9.93. The van der Waals surface area contributed by atoms with Crippen molar-refractivity contribution < 1.29 is 9.18 Å². The summed E-state index contributed by atoms with van der Waals surface area (Å²) in [6.45, 7) is 2.47. The molecule has 0 bridgehead atoms. The van der Waals surface area contributed by atoms with E-state index in [9.17, 15) is 9.18 Å². The number of carbonyl (C=O) groups is 1. The molecule has 2 amide bonds. The van der Waals surface area contributed by atoms with Crippen molar-refractivity contribution in [2.75, 3.05) is 11.9 Å². The van der Waals surface area contributed by atoms with Gasteiger partial charge in [-0.1, -0.05) is 24.0 Å². The van der Waals surface area contributed by atoms with Crippen molar-refractivity contribution in [2.45, 2.75) is 13.3 Å². The fourth-order valence-electron chi connectivity index (χ4n) is 2.55. The topological polar surface area (TPSA) is 54.0 Å². The molecule has 5 heteroatoms. The van der Waals surface area contributed by atoms with Crippen LogP contribution in [0.15, 0.2) is 67.0 Å². The highest BCUT2D eigenvalue weighted by Crippen LogP contribution is 2.15. The molecule has 1 heterocycles. The number of pyridine rings is 1. The zero-order valence-electron chi connectivity index (χ0n) is 15.5. The van der Waals surface area contributed by atoms with Crippen LogP contribution in [0.3, 0.4) is 0 Å². The van der Waals surface area contributed by atoms with Gasteiger partial charge in [0.1, 0.15) is 5.82 Å². The average molecular weight is 373 g/mol. The number of aromatic nitrogens is 1. The maximum Gasteiger partial charge on any atom is 0.319 e. The van der Waals surface area contributed by atoms with Crippen LogP contribution in [0.25, 0.3) is 0 Å². The Morgan fingerprint density at radius 3 is 2.68 bits per heavy atom. The van der Waals surface area contributed by atoms with Crippen LogP contribution in [0.1, 0.15) is 22.3 Å². The van der Waals surface area contributed by atoms with Gasteiger partial charge in [-0.15, -0.1) is 0 Å². The van der Waals surface area contributed by atoms with Gasteiger partial charge in [0.25, 0.3) is 0 Å². The van der Waals surface area contributed by atoms with E-state index in [0.717, 1.165) is 22.3 Å². The summed E-state index contributed by atoms with van der Waals surface area (Å²) in [5, 5.41) is 5.65. The molecule has 0 aliphatic rings. The minimum atomic E-state index is -0.289. The Bertz CT molecular complexity index is 1010. The highest BCUT2D eigenvalue weighted by atomic mass is 19.1. The second kappa shape index (κ2) is 9.33. The monoisotopic (exact) mass is 373 g/mol. The van der Waals surface area contributed by atoms with Crippen molar-refractivity contribution in [3.63, 3.8) is 0 Å². The lowest BCUT2D eigenvalue weighted by Crippen LogP contribution is -2.30. The predicted molar refractivity (Wildman–Crippen MR) is 109 cm³/mol. The molecule has 3 rings (SSSR count). The molecule has 0 atom stereocenters. The van der Waals surface area contributed by atoms with Crippen LogP contribution in [-0.2, 0) is 6.42 Å². The van der Waals surface area contributed by atoms with Gasteiger partial charge < -0.3 is 10.6 Å². The van der Waals surface area contributed by atoms with E-state index in [1.165, 1.54) is 12.1 Å². The lowest BCUT2D eigenvalue weighted by Gasteiger charge is -2.09. The standard InChI is InChI=1S/C23H20FN3O/c1-17-4-11-22(15-20(17)8-5-18-6-9-21(24)10-7-18)27-23(28)26-14-12-19-3-2-13-25-16-19/h2-4,6-7,9-11,13,15-16H,12,14H2,1H3,(H2,26,27,28). The second-order valence-corrected chi connectivity index (χ2v) is 6.28. The third kappa shape index (κ3) is 5.68. The molecule has 28 heavy (non-hydrogen) atoms. The van der Waals surface area contributed by atoms with Crippen LogP contribution in [-0.4, -0.2) is 17.6 Å².